The summed E-state index contributed by atoms with van der Waals surface area (Å²) >= 11 is 0. The predicted octanol–water partition coefficient (Wildman–Crippen LogP) is 0.752. The lowest BCUT2D eigenvalue weighted by atomic mass is 10.1. The molecule has 0 bridgehead atoms. The Labute approximate surface area is 152 Å². The molecule has 1 saturated heterocycles. The van der Waals surface area contributed by atoms with Gasteiger partial charge in [0, 0.05) is 24.7 Å². The Hall–Kier alpha value is -3.53. The number of fused-ring (bicyclic) bond motifs is 1. The van der Waals surface area contributed by atoms with E-state index in [4.69, 9.17) is 4.74 Å². The minimum atomic E-state index is -0.267. The topological polar surface area (TPSA) is 116 Å². The first-order valence-electron chi connectivity index (χ1n) is 8.52. The Kier molecular flexibility index (Phi) is 3.68. The highest BCUT2D eigenvalue weighted by Gasteiger charge is 2.32. The van der Waals surface area contributed by atoms with Crippen LogP contribution in [0.1, 0.15) is 6.04 Å². The molecule has 4 aromatic heterocycles. The summed E-state index contributed by atoms with van der Waals surface area (Å²) in [4.78, 5) is 24.0. The third-order valence-corrected chi connectivity index (χ3v) is 4.59. The number of nitrogens with one attached hydrogen (secondary N) is 2. The summed E-state index contributed by atoms with van der Waals surface area (Å²) in [6.07, 6.45) is 6.75. The fourth-order valence-electron chi connectivity index (χ4n) is 3.26. The lowest BCUT2D eigenvalue weighted by Crippen LogP contribution is -2.37. The average Bonchev–Trinajstić information content (AvgIpc) is 3.44. The monoisotopic (exact) mass is 364 g/mol. The zero-order chi connectivity index (χ0) is 18.2. The summed E-state index contributed by atoms with van der Waals surface area (Å²) in [6.45, 7) is 0.829. The standard InChI is InChI=1S/C17H16N8O2/c26-15-3-2-14(24-7-1-5-21-24)23-25(15)13-9-27-8-12(13)22-17-11-4-6-18-16(11)19-10-20-17/h1-7,10,12-13H,8-9H2,(H2,18,19,20,22). The summed E-state index contributed by atoms with van der Waals surface area (Å²) in [5.74, 6) is 1.26. The Bertz CT molecular complexity index is 1130. The van der Waals surface area contributed by atoms with Crippen LogP contribution in [0.3, 0.4) is 0 Å². The molecule has 0 amide bonds. The van der Waals surface area contributed by atoms with Gasteiger partial charge >= 0.3 is 0 Å². The first kappa shape index (κ1) is 15.7. The molecule has 10 heteroatoms. The molecular weight excluding hydrogens is 348 g/mol. The Balaban J connectivity index is 1.49. The first-order valence-corrected chi connectivity index (χ1v) is 8.52. The fourth-order valence-corrected chi connectivity index (χ4v) is 3.26. The lowest BCUT2D eigenvalue weighted by molar-refractivity contribution is 0.182. The number of rotatable bonds is 4. The maximum Gasteiger partial charge on any atom is 0.267 e. The van der Waals surface area contributed by atoms with E-state index >= 15 is 0 Å². The molecule has 5 rings (SSSR count). The molecule has 2 atom stereocenters. The lowest BCUT2D eigenvalue weighted by Gasteiger charge is -2.21. The summed E-state index contributed by atoms with van der Waals surface area (Å²) in [5, 5.41) is 12.9. The highest BCUT2D eigenvalue weighted by molar-refractivity contribution is 5.86. The van der Waals surface area contributed by atoms with Crippen LogP contribution in [0.2, 0.25) is 0 Å². The van der Waals surface area contributed by atoms with Crippen LogP contribution >= 0.6 is 0 Å². The second kappa shape index (κ2) is 6.32. The second-order valence-corrected chi connectivity index (χ2v) is 6.24. The number of hydrogen-bond donors (Lipinski definition) is 2. The van der Waals surface area contributed by atoms with Gasteiger partial charge < -0.3 is 15.0 Å². The predicted molar refractivity (Wildman–Crippen MR) is 96.8 cm³/mol. The summed E-state index contributed by atoms with van der Waals surface area (Å²) in [5.41, 5.74) is 0.557. The Morgan fingerprint density at radius 3 is 3.07 bits per heavy atom. The molecule has 1 aliphatic rings. The number of H-pyrrole nitrogens is 1. The number of nitrogens with zero attached hydrogens (tertiary/aromatic N) is 6. The number of anilines is 1. The third-order valence-electron chi connectivity index (χ3n) is 4.59. The molecule has 27 heavy (non-hydrogen) atoms. The molecule has 2 N–H and O–H groups in total. The van der Waals surface area contributed by atoms with Crippen LogP contribution < -0.4 is 10.9 Å². The van der Waals surface area contributed by atoms with Crippen molar-refractivity contribution in [2.24, 2.45) is 0 Å². The van der Waals surface area contributed by atoms with E-state index < -0.39 is 0 Å². The zero-order valence-electron chi connectivity index (χ0n) is 14.2. The van der Waals surface area contributed by atoms with Gasteiger partial charge in [-0.25, -0.2) is 19.3 Å². The minimum absolute atomic E-state index is 0.156. The van der Waals surface area contributed by atoms with Crippen molar-refractivity contribution in [1.29, 1.82) is 0 Å². The van der Waals surface area contributed by atoms with Gasteiger partial charge in [0.25, 0.3) is 5.56 Å². The third kappa shape index (κ3) is 2.75. The second-order valence-electron chi connectivity index (χ2n) is 6.24. The molecule has 0 spiro atoms. The van der Waals surface area contributed by atoms with Crippen molar-refractivity contribution in [3.63, 3.8) is 0 Å². The van der Waals surface area contributed by atoms with Crippen molar-refractivity contribution in [3.8, 4) is 5.82 Å². The molecule has 0 aliphatic carbocycles. The van der Waals surface area contributed by atoms with Gasteiger partial charge in [0.1, 0.15) is 23.8 Å². The molecule has 0 aromatic carbocycles. The van der Waals surface area contributed by atoms with Crippen molar-refractivity contribution in [2.75, 3.05) is 18.5 Å². The summed E-state index contributed by atoms with van der Waals surface area (Å²) in [6, 6.07) is 6.43. The van der Waals surface area contributed by atoms with Gasteiger partial charge in [-0.05, 0) is 18.2 Å². The zero-order valence-corrected chi connectivity index (χ0v) is 14.2. The summed E-state index contributed by atoms with van der Waals surface area (Å²) in [7, 11) is 0. The molecule has 10 nitrogen and oxygen atoms in total. The van der Waals surface area contributed by atoms with Gasteiger partial charge in [-0.3, -0.25) is 4.79 Å². The SMILES string of the molecule is O=c1ccc(-n2cccn2)nn1C1COCC1Nc1ncnc2[nH]ccc12. The maximum absolute atomic E-state index is 12.5. The highest BCUT2D eigenvalue weighted by atomic mass is 16.5. The fraction of sp³-hybridized carbons (Fsp3) is 0.235. The van der Waals surface area contributed by atoms with E-state index in [2.05, 4.69) is 30.5 Å². The van der Waals surface area contributed by atoms with Crippen LogP contribution in [0.5, 0.6) is 0 Å². The van der Waals surface area contributed by atoms with Crippen LogP contribution in [-0.2, 0) is 4.74 Å². The van der Waals surface area contributed by atoms with E-state index in [1.54, 1.807) is 29.2 Å². The van der Waals surface area contributed by atoms with Crippen molar-refractivity contribution in [1.82, 2.24) is 34.5 Å². The molecule has 4 aromatic rings. The molecule has 136 valence electrons. The maximum atomic E-state index is 12.5. The summed E-state index contributed by atoms with van der Waals surface area (Å²) < 4.78 is 8.71. The van der Waals surface area contributed by atoms with E-state index in [1.807, 2.05) is 12.3 Å². The minimum Gasteiger partial charge on any atom is -0.377 e. The molecular formula is C17H16N8O2. The van der Waals surface area contributed by atoms with E-state index in [9.17, 15) is 4.79 Å². The normalized spacial score (nSPS) is 19.6. The molecule has 5 heterocycles. The highest BCUT2D eigenvalue weighted by Crippen LogP contribution is 2.24. The number of hydrogen-bond acceptors (Lipinski definition) is 7. The molecule has 0 saturated carbocycles. The van der Waals surface area contributed by atoms with Gasteiger partial charge in [0.05, 0.1) is 24.6 Å². The van der Waals surface area contributed by atoms with E-state index in [0.717, 1.165) is 11.0 Å². The Morgan fingerprint density at radius 1 is 1.22 bits per heavy atom. The molecule has 1 fully saturated rings. The van der Waals surface area contributed by atoms with E-state index in [-0.39, 0.29) is 17.6 Å². The molecule has 1 aliphatic heterocycles. The van der Waals surface area contributed by atoms with Gasteiger partial charge in [-0.1, -0.05) is 0 Å². The quantitative estimate of drug-likeness (QED) is 0.549. The van der Waals surface area contributed by atoms with Gasteiger partial charge in [-0.2, -0.15) is 5.10 Å². The van der Waals surface area contributed by atoms with Crippen molar-refractivity contribution in [2.45, 2.75) is 12.1 Å². The number of aromatic amines is 1. The number of ether oxygens (including phenoxy) is 1. The van der Waals surface area contributed by atoms with Gasteiger partial charge in [0.2, 0.25) is 0 Å². The van der Waals surface area contributed by atoms with Crippen molar-refractivity contribution >= 4 is 16.9 Å². The van der Waals surface area contributed by atoms with Crippen LogP contribution in [0, 0.1) is 0 Å². The van der Waals surface area contributed by atoms with Gasteiger partial charge in [-0.15, -0.1) is 5.10 Å². The van der Waals surface area contributed by atoms with E-state index in [1.165, 1.54) is 17.1 Å². The first-order chi connectivity index (χ1) is 13.3. The molecule has 2 unspecified atom stereocenters. The smallest absolute Gasteiger partial charge is 0.267 e. The number of aromatic nitrogens is 7. The van der Waals surface area contributed by atoms with Crippen molar-refractivity contribution < 1.29 is 4.74 Å². The van der Waals surface area contributed by atoms with Crippen LogP contribution in [0.15, 0.2) is 54.0 Å². The van der Waals surface area contributed by atoms with Crippen LogP contribution in [-0.4, -0.2) is 53.8 Å². The Morgan fingerprint density at radius 2 is 2.19 bits per heavy atom. The van der Waals surface area contributed by atoms with Gasteiger partial charge in [0.15, 0.2) is 5.82 Å². The van der Waals surface area contributed by atoms with Crippen LogP contribution in [0.25, 0.3) is 16.9 Å². The van der Waals surface area contributed by atoms with Crippen LogP contribution in [0.4, 0.5) is 5.82 Å². The average molecular weight is 364 g/mol. The van der Waals surface area contributed by atoms with Crippen molar-refractivity contribution in [3.05, 3.63) is 59.5 Å². The molecule has 0 radical (unpaired) electrons. The largest absolute Gasteiger partial charge is 0.377 e. The van der Waals surface area contributed by atoms with E-state index in [0.29, 0.717) is 24.8 Å².